The molecule has 1 aromatic rings. The SMILES string of the molecule is C=CC(=O)NC(=O)c1ccccn1. The molecule has 0 atom stereocenters. The van der Waals surface area contributed by atoms with Gasteiger partial charge in [-0.1, -0.05) is 12.6 Å². The number of pyridine rings is 1. The minimum Gasteiger partial charge on any atom is -0.287 e. The molecule has 0 saturated carbocycles. The van der Waals surface area contributed by atoms with Crippen LogP contribution in [0.5, 0.6) is 0 Å². The summed E-state index contributed by atoms with van der Waals surface area (Å²) in [6.45, 7) is 3.22. The van der Waals surface area contributed by atoms with Gasteiger partial charge in [0.25, 0.3) is 5.91 Å². The molecule has 0 fully saturated rings. The minimum absolute atomic E-state index is 0.206. The first-order valence-electron chi connectivity index (χ1n) is 3.63. The molecule has 1 N–H and O–H groups in total. The zero-order valence-electron chi connectivity index (χ0n) is 6.86. The molecular formula is C9H8N2O2. The van der Waals surface area contributed by atoms with E-state index in [0.717, 1.165) is 6.08 Å². The van der Waals surface area contributed by atoms with E-state index >= 15 is 0 Å². The van der Waals surface area contributed by atoms with Crippen molar-refractivity contribution in [1.82, 2.24) is 10.3 Å². The summed E-state index contributed by atoms with van der Waals surface area (Å²) in [5.41, 5.74) is 0.206. The van der Waals surface area contributed by atoms with Gasteiger partial charge in [-0.15, -0.1) is 0 Å². The maximum absolute atomic E-state index is 11.2. The van der Waals surface area contributed by atoms with Crippen molar-refractivity contribution < 1.29 is 9.59 Å². The zero-order valence-corrected chi connectivity index (χ0v) is 6.86. The number of nitrogens with one attached hydrogen (secondary N) is 1. The molecule has 1 aromatic heterocycles. The highest BCUT2D eigenvalue weighted by atomic mass is 16.2. The van der Waals surface area contributed by atoms with Gasteiger partial charge in [0.2, 0.25) is 5.91 Å². The third-order valence-corrected chi connectivity index (χ3v) is 1.32. The number of carbonyl (C=O) groups excluding carboxylic acids is 2. The van der Waals surface area contributed by atoms with Gasteiger partial charge in [-0.3, -0.25) is 19.9 Å². The molecule has 0 bridgehead atoms. The Bertz CT molecular complexity index is 333. The maximum atomic E-state index is 11.2. The monoisotopic (exact) mass is 176 g/mol. The molecule has 0 unspecified atom stereocenters. The normalized spacial score (nSPS) is 8.92. The summed E-state index contributed by atoms with van der Waals surface area (Å²) < 4.78 is 0. The Morgan fingerprint density at radius 1 is 1.46 bits per heavy atom. The van der Waals surface area contributed by atoms with E-state index in [1.165, 1.54) is 12.3 Å². The number of hydrogen-bond acceptors (Lipinski definition) is 3. The van der Waals surface area contributed by atoms with Gasteiger partial charge in [0, 0.05) is 6.20 Å². The van der Waals surface area contributed by atoms with E-state index in [1.807, 2.05) is 0 Å². The lowest BCUT2D eigenvalue weighted by molar-refractivity contribution is -0.115. The van der Waals surface area contributed by atoms with E-state index in [1.54, 1.807) is 12.1 Å². The second-order valence-electron chi connectivity index (χ2n) is 2.24. The van der Waals surface area contributed by atoms with Crippen LogP contribution in [0.1, 0.15) is 10.5 Å². The summed E-state index contributed by atoms with van der Waals surface area (Å²) in [5.74, 6) is -1.05. The van der Waals surface area contributed by atoms with Crippen LogP contribution in [-0.4, -0.2) is 16.8 Å². The molecule has 66 valence electrons. The Morgan fingerprint density at radius 3 is 2.77 bits per heavy atom. The lowest BCUT2D eigenvalue weighted by atomic mass is 10.3. The van der Waals surface area contributed by atoms with E-state index < -0.39 is 11.8 Å². The summed E-state index contributed by atoms with van der Waals surface area (Å²) in [6.07, 6.45) is 2.51. The van der Waals surface area contributed by atoms with Crippen molar-refractivity contribution in [3.8, 4) is 0 Å². The Labute approximate surface area is 75.3 Å². The van der Waals surface area contributed by atoms with Crippen LogP contribution in [0.25, 0.3) is 0 Å². The molecule has 0 aliphatic carbocycles. The standard InChI is InChI=1S/C9H8N2O2/c1-2-8(12)11-9(13)7-5-3-4-6-10-7/h2-6H,1H2,(H,11,12,13). The van der Waals surface area contributed by atoms with Gasteiger partial charge in [-0.2, -0.15) is 0 Å². The van der Waals surface area contributed by atoms with Gasteiger partial charge in [-0.25, -0.2) is 0 Å². The van der Waals surface area contributed by atoms with Gasteiger partial charge in [0.15, 0.2) is 0 Å². The second kappa shape index (κ2) is 4.15. The molecule has 0 radical (unpaired) electrons. The number of imide groups is 1. The van der Waals surface area contributed by atoms with Crippen LogP contribution in [0.2, 0.25) is 0 Å². The van der Waals surface area contributed by atoms with Crippen LogP contribution < -0.4 is 5.32 Å². The minimum atomic E-state index is -0.532. The third kappa shape index (κ3) is 2.52. The highest BCUT2D eigenvalue weighted by molar-refractivity contribution is 6.06. The fourth-order valence-corrected chi connectivity index (χ4v) is 0.724. The highest BCUT2D eigenvalue weighted by Crippen LogP contribution is 1.92. The summed E-state index contributed by atoms with van der Waals surface area (Å²) in [5, 5.41) is 2.09. The Morgan fingerprint density at radius 2 is 2.23 bits per heavy atom. The number of nitrogens with zero attached hydrogens (tertiary/aromatic N) is 1. The van der Waals surface area contributed by atoms with Crippen LogP contribution >= 0.6 is 0 Å². The number of aromatic nitrogens is 1. The first kappa shape index (κ1) is 9.12. The van der Waals surface area contributed by atoms with Crippen LogP contribution in [0.15, 0.2) is 37.1 Å². The van der Waals surface area contributed by atoms with E-state index in [-0.39, 0.29) is 5.69 Å². The molecule has 1 rings (SSSR count). The van der Waals surface area contributed by atoms with Crippen molar-refractivity contribution in [3.05, 3.63) is 42.7 Å². The van der Waals surface area contributed by atoms with Crippen molar-refractivity contribution in [1.29, 1.82) is 0 Å². The molecule has 0 aliphatic rings. The van der Waals surface area contributed by atoms with Gasteiger partial charge in [0.05, 0.1) is 0 Å². The second-order valence-corrected chi connectivity index (χ2v) is 2.24. The average molecular weight is 176 g/mol. The highest BCUT2D eigenvalue weighted by Gasteiger charge is 2.07. The fourth-order valence-electron chi connectivity index (χ4n) is 0.724. The molecule has 0 aliphatic heterocycles. The van der Waals surface area contributed by atoms with Gasteiger partial charge < -0.3 is 0 Å². The third-order valence-electron chi connectivity index (χ3n) is 1.32. The van der Waals surface area contributed by atoms with Crippen molar-refractivity contribution in [2.24, 2.45) is 0 Å². The van der Waals surface area contributed by atoms with Gasteiger partial charge in [-0.05, 0) is 18.2 Å². The summed E-state index contributed by atoms with van der Waals surface area (Å²) in [7, 11) is 0. The quantitative estimate of drug-likeness (QED) is 0.668. The molecule has 13 heavy (non-hydrogen) atoms. The predicted octanol–water partition coefficient (Wildman–Crippen LogP) is 0.524. The first-order valence-corrected chi connectivity index (χ1v) is 3.63. The van der Waals surface area contributed by atoms with Crippen LogP contribution in [-0.2, 0) is 4.79 Å². The Hall–Kier alpha value is -1.97. The van der Waals surface area contributed by atoms with Crippen LogP contribution in [0.4, 0.5) is 0 Å². The van der Waals surface area contributed by atoms with E-state index in [0.29, 0.717) is 0 Å². The molecule has 4 heteroatoms. The van der Waals surface area contributed by atoms with Crippen molar-refractivity contribution >= 4 is 11.8 Å². The summed E-state index contributed by atoms with van der Waals surface area (Å²) in [4.78, 5) is 25.7. The molecule has 2 amide bonds. The van der Waals surface area contributed by atoms with Crippen LogP contribution in [0.3, 0.4) is 0 Å². The maximum Gasteiger partial charge on any atom is 0.276 e. The molecule has 0 saturated heterocycles. The lowest BCUT2D eigenvalue weighted by Crippen LogP contribution is -2.29. The summed E-state index contributed by atoms with van der Waals surface area (Å²) in [6, 6.07) is 4.87. The van der Waals surface area contributed by atoms with Gasteiger partial charge >= 0.3 is 0 Å². The molecule has 0 aromatic carbocycles. The number of amides is 2. The number of hydrogen-bond donors (Lipinski definition) is 1. The largest absolute Gasteiger partial charge is 0.287 e. The van der Waals surface area contributed by atoms with E-state index in [4.69, 9.17) is 0 Å². The predicted molar refractivity (Wildman–Crippen MR) is 46.9 cm³/mol. The van der Waals surface area contributed by atoms with Gasteiger partial charge in [0.1, 0.15) is 5.69 Å². The number of carbonyl (C=O) groups is 2. The average Bonchev–Trinajstić information content (AvgIpc) is 2.19. The first-order chi connectivity index (χ1) is 6.24. The topological polar surface area (TPSA) is 59.1 Å². The zero-order chi connectivity index (χ0) is 9.68. The van der Waals surface area contributed by atoms with Crippen molar-refractivity contribution in [2.75, 3.05) is 0 Å². The smallest absolute Gasteiger partial charge is 0.276 e. The molecule has 0 spiro atoms. The van der Waals surface area contributed by atoms with E-state index in [2.05, 4.69) is 16.9 Å². The van der Waals surface area contributed by atoms with E-state index in [9.17, 15) is 9.59 Å². The Balaban J connectivity index is 2.70. The van der Waals surface area contributed by atoms with Crippen molar-refractivity contribution in [2.45, 2.75) is 0 Å². The Kier molecular flexibility index (Phi) is 2.92. The molecule has 4 nitrogen and oxygen atoms in total. The van der Waals surface area contributed by atoms with Crippen molar-refractivity contribution in [3.63, 3.8) is 0 Å². The van der Waals surface area contributed by atoms with Crippen LogP contribution in [0, 0.1) is 0 Å². The molecule has 1 heterocycles. The number of rotatable bonds is 2. The molecular weight excluding hydrogens is 168 g/mol. The summed E-state index contributed by atoms with van der Waals surface area (Å²) >= 11 is 0. The lowest BCUT2D eigenvalue weighted by Gasteiger charge is -1.98. The fraction of sp³-hybridized carbons (Fsp3) is 0.